The van der Waals surface area contributed by atoms with E-state index in [0.29, 0.717) is 27.9 Å². The highest BCUT2D eigenvalue weighted by molar-refractivity contribution is 6.05. The van der Waals surface area contributed by atoms with Gasteiger partial charge in [-0.05, 0) is 50.1 Å². The quantitative estimate of drug-likeness (QED) is 0.852. The zero-order valence-electron chi connectivity index (χ0n) is 15.2. The summed E-state index contributed by atoms with van der Waals surface area (Å²) in [6.07, 6.45) is 5.52. The van der Waals surface area contributed by atoms with E-state index in [9.17, 15) is 9.59 Å². The summed E-state index contributed by atoms with van der Waals surface area (Å²) in [6.45, 7) is 3.70. The maximum atomic E-state index is 13.3. The van der Waals surface area contributed by atoms with E-state index in [1.165, 1.54) is 6.42 Å². The van der Waals surface area contributed by atoms with Crippen molar-refractivity contribution in [2.75, 3.05) is 26.2 Å². The van der Waals surface area contributed by atoms with Crippen LogP contribution >= 0.6 is 0 Å². The van der Waals surface area contributed by atoms with Crippen LogP contribution in [0, 0.1) is 5.41 Å². The van der Waals surface area contributed by atoms with Gasteiger partial charge in [-0.2, -0.15) is 0 Å². The lowest BCUT2D eigenvalue weighted by molar-refractivity contribution is 0.0609. The molecule has 1 spiro atoms. The van der Waals surface area contributed by atoms with Gasteiger partial charge in [0.25, 0.3) is 11.5 Å². The summed E-state index contributed by atoms with van der Waals surface area (Å²) < 4.78 is 1.63. The van der Waals surface area contributed by atoms with E-state index < -0.39 is 0 Å². The van der Waals surface area contributed by atoms with Gasteiger partial charge in [0, 0.05) is 38.3 Å². The first kappa shape index (κ1) is 16.1. The van der Waals surface area contributed by atoms with Crippen molar-refractivity contribution in [3.8, 4) is 0 Å². The summed E-state index contributed by atoms with van der Waals surface area (Å²) in [6, 6.07) is 1.87. The smallest absolute Gasteiger partial charge is 0.274 e. The summed E-state index contributed by atoms with van der Waals surface area (Å²) in [7, 11) is 1.78. The highest BCUT2D eigenvalue weighted by Gasteiger charge is 2.39. The van der Waals surface area contributed by atoms with Gasteiger partial charge in [0.05, 0.1) is 10.9 Å². The fourth-order valence-corrected chi connectivity index (χ4v) is 4.61. The van der Waals surface area contributed by atoms with E-state index in [4.69, 9.17) is 0 Å². The zero-order chi connectivity index (χ0) is 17.9. The number of nitrogens with zero attached hydrogens (tertiary/aromatic N) is 3. The Hall–Kier alpha value is -2.15. The Kier molecular flexibility index (Phi) is 3.50. The Morgan fingerprint density at radius 2 is 2.04 bits per heavy atom. The second kappa shape index (κ2) is 5.67. The fraction of sp³-hybridized carbons (Fsp3) is 0.632. The molecular formula is C19H25N5O2. The Bertz CT molecular complexity index is 923. The lowest BCUT2D eigenvalue weighted by atomic mass is 9.77. The predicted octanol–water partition coefficient (Wildman–Crippen LogP) is 1.35. The number of hydrogen-bond acceptors (Lipinski definition) is 4. The first-order valence-corrected chi connectivity index (χ1v) is 9.66. The monoisotopic (exact) mass is 355 g/mol. The molecule has 0 atom stereocenters. The van der Waals surface area contributed by atoms with Crippen LogP contribution in [0.2, 0.25) is 0 Å². The Morgan fingerprint density at radius 1 is 1.27 bits per heavy atom. The second-order valence-electron chi connectivity index (χ2n) is 8.29. The van der Waals surface area contributed by atoms with Gasteiger partial charge in [0.15, 0.2) is 5.65 Å². The van der Waals surface area contributed by atoms with Gasteiger partial charge in [-0.15, -0.1) is 0 Å². The molecule has 2 N–H and O–H groups in total. The molecule has 7 heteroatoms. The zero-order valence-corrected chi connectivity index (χ0v) is 15.2. The molecule has 0 aromatic carbocycles. The van der Waals surface area contributed by atoms with Crippen LogP contribution in [0.4, 0.5) is 0 Å². The third-order valence-electron chi connectivity index (χ3n) is 6.50. The van der Waals surface area contributed by atoms with Crippen molar-refractivity contribution in [2.24, 2.45) is 12.5 Å². The third kappa shape index (κ3) is 2.48. The molecule has 2 aromatic rings. The van der Waals surface area contributed by atoms with Gasteiger partial charge in [0.2, 0.25) is 0 Å². The molecule has 3 fully saturated rings. The highest BCUT2D eigenvalue weighted by atomic mass is 16.2. The summed E-state index contributed by atoms with van der Waals surface area (Å²) in [4.78, 5) is 32.3. The number of aryl methyl sites for hydroxylation is 1. The van der Waals surface area contributed by atoms with Crippen molar-refractivity contribution in [3.05, 3.63) is 27.7 Å². The van der Waals surface area contributed by atoms with Crippen LogP contribution in [0.15, 0.2) is 10.9 Å². The molecule has 2 saturated heterocycles. The first-order chi connectivity index (χ1) is 12.6. The van der Waals surface area contributed by atoms with E-state index in [1.807, 2.05) is 11.0 Å². The molecule has 138 valence electrons. The predicted molar refractivity (Wildman–Crippen MR) is 98.4 cm³/mol. The van der Waals surface area contributed by atoms with Crippen molar-refractivity contribution in [2.45, 2.75) is 38.0 Å². The maximum Gasteiger partial charge on any atom is 0.274 e. The summed E-state index contributed by atoms with van der Waals surface area (Å²) in [5, 5.41) is 6.65. The van der Waals surface area contributed by atoms with E-state index in [0.717, 1.165) is 57.6 Å². The first-order valence-electron chi connectivity index (χ1n) is 9.66. The maximum absolute atomic E-state index is 13.3. The van der Waals surface area contributed by atoms with Crippen molar-refractivity contribution in [1.29, 1.82) is 0 Å². The van der Waals surface area contributed by atoms with Gasteiger partial charge in [-0.25, -0.2) is 4.98 Å². The topological polar surface area (TPSA) is 83.0 Å². The van der Waals surface area contributed by atoms with Crippen LogP contribution in [-0.4, -0.2) is 51.8 Å². The molecule has 2 aromatic heterocycles. The number of aromatic nitrogens is 3. The van der Waals surface area contributed by atoms with Gasteiger partial charge in [-0.1, -0.05) is 0 Å². The average Bonchev–Trinajstić information content (AvgIpc) is 3.34. The number of piperidine rings is 1. The Balaban J connectivity index is 1.50. The van der Waals surface area contributed by atoms with Crippen LogP contribution in [0.25, 0.3) is 11.0 Å². The number of rotatable bonds is 2. The number of H-pyrrole nitrogens is 1. The van der Waals surface area contributed by atoms with Crippen molar-refractivity contribution >= 4 is 16.9 Å². The van der Waals surface area contributed by atoms with E-state index in [-0.39, 0.29) is 11.5 Å². The Labute approximate surface area is 151 Å². The summed E-state index contributed by atoms with van der Waals surface area (Å²) >= 11 is 0. The van der Waals surface area contributed by atoms with Crippen LogP contribution < -0.4 is 10.9 Å². The van der Waals surface area contributed by atoms with Gasteiger partial charge in [0.1, 0.15) is 0 Å². The highest BCUT2D eigenvalue weighted by Crippen LogP contribution is 2.41. The molecule has 4 heterocycles. The molecule has 0 bridgehead atoms. The molecule has 2 aliphatic heterocycles. The molecule has 5 rings (SSSR count). The standard InChI is InChI=1S/C19H25N5O2/c1-23-16-15(17(25)22-23)13(10-14(21-16)12-2-3-12)18(26)24-8-5-19(6-9-24)4-7-20-11-19/h10,12,20H,2-9,11H2,1H3,(H,22,25). The number of likely N-dealkylation sites (tertiary alicyclic amines) is 1. The fourth-order valence-electron chi connectivity index (χ4n) is 4.61. The van der Waals surface area contributed by atoms with Crippen LogP contribution in [-0.2, 0) is 7.05 Å². The minimum absolute atomic E-state index is 0.0168. The Morgan fingerprint density at radius 3 is 2.69 bits per heavy atom. The SMILES string of the molecule is Cn1[nH]c(=O)c2c(C(=O)N3CCC4(CCNC4)CC3)cc(C3CC3)nc21. The minimum atomic E-state index is -0.228. The van der Waals surface area contributed by atoms with Crippen LogP contribution in [0.3, 0.4) is 0 Å². The average molecular weight is 355 g/mol. The van der Waals surface area contributed by atoms with E-state index in [2.05, 4.69) is 15.4 Å². The van der Waals surface area contributed by atoms with Crippen molar-refractivity contribution in [3.63, 3.8) is 0 Å². The number of hydrogen-bond donors (Lipinski definition) is 2. The van der Waals surface area contributed by atoms with E-state index >= 15 is 0 Å². The normalized spacial score (nSPS) is 22.4. The number of nitrogens with one attached hydrogen (secondary N) is 2. The lowest BCUT2D eigenvalue weighted by Crippen LogP contribution is -2.44. The molecular weight excluding hydrogens is 330 g/mol. The number of amides is 1. The summed E-state index contributed by atoms with van der Waals surface area (Å²) in [5.74, 6) is 0.418. The molecule has 1 saturated carbocycles. The van der Waals surface area contributed by atoms with Crippen LogP contribution in [0.1, 0.15) is 54.1 Å². The van der Waals surface area contributed by atoms with Gasteiger partial charge < -0.3 is 10.2 Å². The number of carbonyl (C=O) groups is 1. The largest absolute Gasteiger partial charge is 0.339 e. The number of aromatic amines is 1. The molecule has 0 radical (unpaired) electrons. The van der Waals surface area contributed by atoms with Crippen molar-refractivity contribution < 1.29 is 4.79 Å². The molecule has 1 aliphatic carbocycles. The molecule has 3 aliphatic rings. The third-order valence-corrected chi connectivity index (χ3v) is 6.50. The van der Waals surface area contributed by atoms with E-state index in [1.54, 1.807) is 11.7 Å². The minimum Gasteiger partial charge on any atom is -0.339 e. The molecule has 7 nitrogen and oxygen atoms in total. The number of fused-ring (bicyclic) bond motifs is 1. The van der Waals surface area contributed by atoms with Crippen LogP contribution in [0.5, 0.6) is 0 Å². The second-order valence-corrected chi connectivity index (χ2v) is 8.29. The molecule has 26 heavy (non-hydrogen) atoms. The molecule has 1 amide bonds. The lowest BCUT2D eigenvalue weighted by Gasteiger charge is -2.39. The van der Waals surface area contributed by atoms with Gasteiger partial charge >= 0.3 is 0 Å². The number of pyridine rings is 1. The molecule has 0 unspecified atom stereocenters. The number of carbonyl (C=O) groups excluding carboxylic acids is 1. The van der Waals surface area contributed by atoms with Gasteiger partial charge in [-0.3, -0.25) is 19.4 Å². The summed E-state index contributed by atoms with van der Waals surface area (Å²) in [5.41, 5.74) is 2.21. The van der Waals surface area contributed by atoms with Crippen molar-refractivity contribution in [1.82, 2.24) is 25.0 Å².